The fourth-order valence-corrected chi connectivity index (χ4v) is 3.02. The van der Waals surface area contributed by atoms with Gasteiger partial charge >= 0.3 is 0 Å². The smallest absolute Gasteiger partial charge is 0.230 e. The quantitative estimate of drug-likeness (QED) is 0.768. The van der Waals surface area contributed by atoms with E-state index in [1.165, 1.54) is 11.8 Å². The molecule has 0 heterocycles. The van der Waals surface area contributed by atoms with Crippen molar-refractivity contribution in [3.63, 3.8) is 0 Å². The van der Waals surface area contributed by atoms with Crippen LogP contribution in [-0.2, 0) is 4.79 Å². The molecule has 0 saturated heterocycles. The molecule has 5 nitrogen and oxygen atoms in total. The number of hydrogen-bond acceptors (Lipinski definition) is 5. The van der Waals surface area contributed by atoms with Crippen LogP contribution in [0.15, 0.2) is 47.4 Å². The monoisotopic (exact) mass is 356 g/mol. The number of rotatable bonds is 7. The number of methoxy groups -OCH3 is 2. The Morgan fingerprint density at radius 3 is 2.52 bits per heavy atom. The molecule has 0 aliphatic carbocycles. The maximum Gasteiger partial charge on any atom is 0.230 e. The number of carbonyl (C=O) groups excluding carboxylic acids is 1. The third-order valence-corrected chi connectivity index (χ3v) is 4.65. The number of nitriles is 1. The van der Waals surface area contributed by atoms with Crippen molar-refractivity contribution in [3.8, 4) is 17.6 Å². The number of amides is 1. The van der Waals surface area contributed by atoms with Gasteiger partial charge in [0, 0.05) is 16.5 Å². The summed E-state index contributed by atoms with van der Waals surface area (Å²) in [6, 6.07) is 14.6. The molecule has 0 radical (unpaired) electrons. The fourth-order valence-electron chi connectivity index (χ4n) is 2.31. The molecular weight excluding hydrogens is 336 g/mol. The van der Waals surface area contributed by atoms with Gasteiger partial charge in [0.05, 0.1) is 37.6 Å². The highest BCUT2D eigenvalue weighted by atomic mass is 32.2. The van der Waals surface area contributed by atoms with E-state index in [1.54, 1.807) is 32.4 Å². The highest BCUT2D eigenvalue weighted by Crippen LogP contribution is 2.29. The number of nitrogens with zero attached hydrogens (tertiary/aromatic N) is 1. The Hall–Kier alpha value is -2.65. The molecular formula is C19H20N2O3S. The molecule has 0 fully saturated rings. The van der Waals surface area contributed by atoms with Gasteiger partial charge in [-0.15, -0.1) is 11.8 Å². The summed E-state index contributed by atoms with van der Waals surface area (Å²) in [5.74, 6) is 1.61. The largest absolute Gasteiger partial charge is 0.497 e. The van der Waals surface area contributed by atoms with Gasteiger partial charge in [0.2, 0.25) is 5.91 Å². The Kier molecular flexibility index (Phi) is 6.72. The zero-order chi connectivity index (χ0) is 18.2. The first kappa shape index (κ1) is 18.7. The van der Waals surface area contributed by atoms with Crippen molar-refractivity contribution in [2.24, 2.45) is 0 Å². The van der Waals surface area contributed by atoms with E-state index < -0.39 is 0 Å². The Morgan fingerprint density at radius 2 is 1.92 bits per heavy atom. The SMILES string of the molecule is COc1ccc(C(C)NC(=O)CSc2ccc(C#N)cc2)c(OC)c1. The second kappa shape index (κ2) is 9.00. The zero-order valence-corrected chi connectivity index (χ0v) is 15.2. The molecule has 0 aliphatic rings. The first-order valence-corrected chi connectivity index (χ1v) is 8.70. The molecule has 25 heavy (non-hydrogen) atoms. The average Bonchev–Trinajstić information content (AvgIpc) is 2.66. The van der Waals surface area contributed by atoms with E-state index in [9.17, 15) is 4.79 Å². The minimum atomic E-state index is -0.185. The summed E-state index contributed by atoms with van der Waals surface area (Å²) in [5, 5.41) is 11.8. The van der Waals surface area contributed by atoms with Gasteiger partial charge in [0.1, 0.15) is 11.5 Å². The lowest BCUT2D eigenvalue weighted by atomic mass is 10.1. The van der Waals surface area contributed by atoms with Crippen LogP contribution < -0.4 is 14.8 Å². The Labute approximate surface area is 151 Å². The molecule has 2 rings (SSSR count). The summed E-state index contributed by atoms with van der Waals surface area (Å²) in [5.41, 5.74) is 1.49. The summed E-state index contributed by atoms with van der Waals surface area (Å²) in [6.45, 7) is 1.91. The lowest BCUT2D eigenvalue weighted by molar-refractivity contribution is -0.119. The molecule has 1 atom stereocenters. The van der Waals surface area contributed by atoms with Crippen LogP contribution in [0.2, 0.25) is 0 Å². The van der Waals surface area contributed by atoms with E-state index in [0.29, 0.717) is 22.8 Å². The molecule has 6 heteroatoms. The van der Waals surface area contributed by atoms with E-state index in [2.05, 4.69) is 11.4 Å². The number of thioether (sulfide) groups is 1. The molecule has 2 aromatic rings. The van der Waals surface area contributed by atoms with E-state index in [0.717, 1.165) is 10.5 Å². The van der Waals surface area contributed by atoms with Crippen molar-refractivity contribution in [1.82, 2.24) is 5.32 Å². The zero-order valence-electron chi connectivity index (χ0n) is 14.4. The molecule has 1 unspecified atom stereocenters. The predicted molar refractivity (Wildman–Crippen MR) is 98.0 cm³/mol. The van der Waals surface area contributed by atoms with Gasteiger partial charge in [0.25, 0.3) is 0 Å². The summed E-state index contributed by atoms with van der Waals surface area (Å²) >= 11 is 1.43. The van der Waals surface area contributed by atoms with Crippen LogP contribution in [0.25, 0.3) is 0 Å². The lowest BCUT2D eigenvalue weighted by Crippen LogP contribution is -2.28. The number of ether oxygens (including phenoxy) is 2. The van der Waals surface area contributed by atoms with Crippen LogP contribution in [0.4, 0.5) is 0 Å². The van der Waals surface area contributed by atoms with Gasteiger partial charge in [-0.05, 0) is 43.3 Å². The molecule has 0 spiro atoms. The molecule has 0 saturated carbocycles. The van der Waals surface area contributed by atoms with Crippen molar-refractivity contribution in [2.45, 2.75) is 17.9 Å². The maximum absolute atomic E-state index is 12.2. The van der Waals surface area contributed by atoms with Crippen molar-refractivity contribution in [3.05, 3.63) is 53.6 Å². The Balaban J connectivity index is 1.94. The van der Waals surface area contributed by atoms with Crippen LogP contribution >= 0.6 is 11.8 Å². The van der Waals surface area contributed by atoms with Crippen molar-refractivity contribution < 1.29 is 14.3 Å². The molecule has 0 bridgehead atoms. The van der Waals surface area contributed by atoms with Gasteiger partial charge in [-0.3, -0.25) is 4.79 Å². The summed E-state index contributed by atoms with van der Waals surface area (Å²) < 4.78 is 10.6. The molecule has 0 aliphatic heterocycles. The van der Waals surface area contributed by atoms with E-state index in [4.69, 9.17) is 14.7 Å². The van der Waals surface area contributed by atoms with Gasteiger partial charge in [-0.25, -0.2) is 0 Å². The summed E-state index contributed by atoms with van der Waals surface area (Å²) in [4.78, 5) is 13.1. The standard InChI is InChI=1S/C19H20N2O3S/c1-13(17-9-6-15(23-2)10-18(17)24-3)21-19(22)12-25-16-7-4-14(11-20)5-8-16/h4-10,13H,12H2,1-3H3,(H,21,22). The number of carbonyl (C=O) groups is 1. The molecule has 130 valence electrons. The fraction of sp³-hybridized carbons (Fsp3) is 0.263. The average molecular weight is 356 g/mol. The molecule has 1 amide bonds. The number of hydrogen-bond donors (Lipinski definition) is 1. The molecule has 0 aromatic heterocycles. The summed E-state index contributed by atoms with van der Waals surface area (Å²) in [7, 11) is 3.19. The topological polar surface area (TPSA) is 71.3 Å². The van der Waals surface area contributed by atoms with Crippen LogP contribution in [0.5, 0.6) is 11.5 Å². The maximum atomic E-state index is 12.2. The van der Waals surface area contributed by atoms with E-state index in [-0.39, 0.29) is 11.9 Å². The van der Waals surface area contributed by atoms with E-state index in [1.807, 2.05) is 31.2 Å². The number of benzene rings is 2. The Morgan fingerprint density at radius 1 is 1.20 bits per heavy atom. The van der Waals surface area contributed by atoms with Crippen LogP contribution in [-0.4, -0.2) is 25.9 Å². The van der Waals surface area contributed by atoms with Gasteiger partial charge in [-0.2, -0.15) is 5.26 Å². The van der Waals surface area contributed by atoms with Gasteiger partial charge in [-0.1, -0.05) is 0 Å². The lowest BCUT2D eigenvalue weighted by Gasteiger charge is -2.18. The van der Waals surface area contributed by atoms with Gasteiger partial charge in [0.15, 0.2) is 0 Å². The predicted octanol–water partition coefficient (Wildman–Crippen LogP) is 3.54. The highest BCUT2D eigenvalue weighted by molar-refractivity contribution is 8.00. The second-order valence-electron chi connectivity index (χ2n) is 5.32. The summed E-state index contributed by atoms with van der Waals surface area (Å²) in [6.07, 6.45) is 0. The van der Waals surface area contributed by atoms with Crippen LogP contribution in [0.1, 0.15) is 24.1 Å². The first-order chi connectivity index (χ1) is 12.1. The first-order valence-electron chi connectivity index (χ1n) is 7.71. The van der Waals surface area contributed by atoms with Crippen molar-refractivity contribution in [1.29, 1.82) is 5.26 Å². The highest BCUT2D eigenvalue weighted by Gasteiger charge is 2.15. The van der Waals surface area contributed by atoms with Crippen molar-refractivity contribution >= 4 is 17.7 Å². The Bertz CT molecular complexity index is 769. The third-order valence-electron chi connectivity index (χ3n) is 3.64. The van der Waals surface area contributed by atoms with Gasteiger partial charge < -0.3 is 14.8 Å². The molecule has 1 N–H and O–H groups in total. The third kappa shape index (κ3) is 5.16. The second-order valence-corrected chi connectivity index (χ2v) is 6.37. The van der Waals surface area contributed by atoms with Crippen LogP contribution in [0.3, 0.4) is 0 Å². The number of nitrogens with one attached hydrogen (secondary N) is 1. The van der Waals surface area contributed by atoms with Crippen molar-refractivity contribution in [2.75, 3.05) is 20.0 Å². The minimum Gasteiger partial charge on any atom is -0.497 e. The normalized spacial score (nSPS) is 11.3. The van der Waals surface area contributed by atoms with Crippen LogP contribution in [0, 0.1) is 11.3 Å². The van der Waals surface area contributed by atoms with E-state index >= 15 is 0 Å². The molecule has 2 aromatic carbocycles. The minimum absolute atomic E-state index is 0.0697.